The number of anilines is 1. The largest absolute Gasteiger partial charge is 0.357 e. The van der Waals surface area contributed by atoms with E-state index in [0.29, 0.717) is 5.02 Å². The molecular formula is C26H27Cl2N3O4S. The molecule has 10 heteroatoms. The summed E-state index contributed by atoms with van der Waals surface area (Å²) in [6.45, 7) is 3.07. The minimum absolute atomic E-state index is 0.00625. The number of benzene rings is 3. The fourth-order valence-electron chi connectivity index (χ4n) is 3.60. The molecule has 3 aromatic rings. The van der Waals surface area contributed by atoms with Gasteiger partial charge in [0, 0.05) is 18.6 Å². The number of aryl methyl sites for hydroxylation is 1. The average Bonchev–Trinajstić information content (AvgIpc) is 2.86. The van der Waals surface area contributed by atoms with Crippen LogP contribution in [0.25, 0.3) is 0 Å². The van der Waals surface area contributed by atoms with Crippen molar-refractivity contribution < 1.29 is 18.0 Å². The minimum Gasteiger partial charge on any atom is -0.357 e. The van der Waals surface area contributed by atoms with E-state index in [-0.39, 0.29) is 28.1 Å². The molecule has 0 aromatic heterocycles. The smallest absolute Gasteiger partial charge is 0.264 e. The van der Waals surface area contributed by atoms with Crippen LogP contribution < -0.4 is 9.62 Å². The Morgan fingerprint density at radius 2 is 1.61 bits per heavy atom. The predicted molar refractivity (Wildman–Crippen MR) is 143 cm³/mol. The Morgan fingerprint density at radius 3 is 2.19 bits per heavy atom. The number of likely N-dealkylation sites (N-methyl/N-ethyl adjacent to an activating group) is 1. The van der Waals surface area contributed by atoms with Crippen LogP contribution in [0.4, 0.5) is 5.69 Å². The number of hydrogen-bond acceptors (Lipinski definition) is 4. The Kier molecular flexibility index (Phi) is 9.00. The lowest BCUT2D eigenvalue weighted by molar-refractivity contribution is -0.139. The van der Waals surface area contributed by atoms with E-state index < -0.39 is 28.5 Å². The van der Waals surface area contributed by atoms with Crippen LogP contribution in [0.5, 0.6) is 0 Å². The average molecular weight is 548 g/mol. The second-order valence-electron chi connectivity index (χ2n) is 8.22. The molecule has 0 bridgehead atoms. The van der Waals surface area contributed by atoms with E-state index in [9.17, 15) is 18.0 Å². The van der Waals surface area contributed by atoms with Crippen LogP contribution in [-0.2, 0) is 26.2 Å². The van der Waals surface area contributed by atoms with E-state index in [2.05, 4.69) is 5.32 Å². The normalized spacial score (nSPS) is 12.0. The molecule has 1 N–H and O–H groups in total. The van der Waals surface area contributed by atoms with Crippen LogP contribution in [0.3, 0.4) is 0 Å². The maximum Gasteiger partial charge on any atom is 0.264 e. The molecule has 0 aliphatic heterocycles. The van der Waals surface area contributed by atoms with Crippen molar-refractivity contribution in [2.75, 3.05) is 17.9 Å². The van der Waals surface area contributed by atoms with Gasteiger partial charge in [0.2, 0.25) is 11.8 Å². The molecule has 7 nitrogen and oxygen atoms in total. The summed E-state index contributed by atoms with van der Waals surface area (Å²) in [4.78, 5) is 27.5. The van der Waals surface area contributed by atoms with E-state index in [1.165, 1.54) is 42.3 Å². The lowest BCUT2D eigenvalue weighted by atomic mass is 10.1. The second kappa shape index (κ2) is 11.8. The highest BCUT2D eigenvalue weighted by Crippen LogP contribution is 2.33. The number of rotatable bonds is 9. The molecule has 1 atom stereocenters. The summed E-state index contributed by atoms with van der Waals surface area (Å²) < 4.78 is 28.3. The third kappa shape index (κ3) is 6.37. The summed E-state index contributed by atoms with van der Waals surface area (Å²) in [7, 11) is -2.71. The van der Waals surface area contributed by atoms with Gasteiger partial charge in [-0.25, -0.2) is 8.42 Å². The van der Waals surface area contributed by atoms with Gasteiger partial charge in [0.1, 0.15) is 12.6 Å². The van der Waals surface area contributed by atoms with Crippen molar-refractivity contribution in [2.24, 2.45) is 0 Å². The van der Waals surface area contributed by atoms with Gasteiger partial charge in [-0.2, -0.15) is 0 Å². The summed E-state index contributed by atoms with van der Waals surface area (Å²) in [5.41, 5.74) is 1.95. The number of hydrogen-bond donors (Lipinski definition) is 1. The van der Waals surface area contributed by atoms with E-state index in [1.807, 2.05) is 31.2 Å². The van der Waals surface area contributed by atoms with E-state index >= 15 is 0 Å². The maximum atomic E-state index is 13.7. The van der Waals surface area contributed by atoms with Crippen molar-refractivity contribution in [3.63, 3.8) is 0 Å². The summed E-state index contributed by atoms with van der Waals surface area (Å²) >= 11 is 12.4. The number of nitrogens with one attached hydrogen (secondary N) is 1. The molecule has 0 aliphatic carbocycles. The Bertz CT molecular complexity index is 1330. The predicted octanol–water partition coefficient (Wildman–Crippen LogP) is 4.66. The van der Waals surface area contributed by atoms with Crippen molar-refractivity contribution in [1.29, 1.82) is 0 Å². The summed E-state index contributed by atoms with van der Waals surface area (Å²) in [6.07, 6.45) is 0. The van der Waals surface area contributed by atoms with Crippen LogP contribution in [0.1, 0.15) is 18.1 Å². The molecule has 0 unspecified atom stereocenters. The molecule has 36 heavy (non-hydrogen) atoms. The first kappa shape index (κ1) is 27.5. The van der Waals surface area contributed by atoms with Crippen LogP contribution >= 0.6 is 23.2 Å². The van der Waals surface area contributed by atoms with Crippen molar-refractivity contribution >= 4 is 50.7 Å². The van der Waals surface area contributed by atoms with Crippen molar-refractivity contribution in [1.82, 2.24) is 10.2 Å². The quantitative estimate of drug-likeness (QED) is 0.422. The van der Waals surface area contributed by atoms with Crippen LogP contribution in [0.2, 0.25) is 10.0 Å². The zero-order valence-corrected chi connectivity index (χ0v) is 22.4. The molecule has 0 heterocycles. The SMILES string of the molecule is CNC(=O)[C@H](C)N(Cc1ccc(C)cc1)C(=O)CN(c1ccc(Cl)cc1Cl)S(=O)(=O)c1ccccc1. The van der Waals surface area contributed by atoms with E-state index in [0.717, 1.165) is 15.4 Å². The molecule has 0 radical (unpaired) electrons. The first-order valence-electron chi connectivity index (χ1n) is 11.1. The highest BCUT2D eigenvalue weighted by molar-refractivity contribution is 7.92. The van der Waals surface area contributed by atoms with Crippen molar-refractivity contribution in [3.8, 4) is 0 Å². The standard InChI is InChI=1S/C26H27Cl2N3O4S/c1-18-9-11-20(12-10-18)16-30(19(2)26(33)29-3)25(32)17-31(24-14-13-21(27)15-23(24)28)36(34,35)22-7-5-4-6-8-22/h4-15,19H,16-17H2,1-3H3,(H,29,33)/t19-/m0/s1. The Labute approximate surface area is 221 Å². The van der Waals surface area contributed by atoms with Crippen LogP contribution in [0, 0.1) is 6.92 Å². The van der Waals surface area contributed by atoms with Gasteiger partial charge in [-0.3, -0.25) is 13.9 Å². The van der Waals surface area contributed by atoms with E-state index in [4.69, 9.17) is 23.2 Å². The molecule has 0 saturated heterocycles. The number of carbonyl (C=O) groups excluding carboxylic acids is 2. The Balaban J connectivity index is 2.05. The third-order valence-electron chi connectivity index (χ3n) is 5.68. The lowest BCUT2D eigenvalue weighted by Gasteiger charge is -2.32. The fraction of sp³-hybridized carbons (Fsp3) is 0.231. The summed E-state index contributed by atoms with van der Waals surface area (Å²) in [5.74, 6) is -0.949. The lowest BCUT2D eigenvalue weighted by Crippen LogP contribution is -2.50. The molecule has 3 rings (SSSR count). The summed E-state index contributed by atoms with van der Waals surface area (Å²) in [5, 5.41) is 2.94. The Hall–Kier alpha value is -3.07. The van der Waals surface area contributed by atoms with E-state index in [1.54, 1.807) is 25.1 Å². The second-order valence-corrected chi connectivity index (χ2v) is 10.9. The minimum atomic E-state index is -4.19. The van der Waals surface area contributed by atoms with Gasteiger partial charge in [0.05, 0.1) is 15.6 Å². The van der Waals surface area contributed by atoms with Crippen LogP contribution in [0.15, 0.2) is 77.7 Å². The number of carbonyl (C=O) groups is 2. The van der Waals surface area contributed by atoms with Gasteiger partial charge < -0.3 is 10.2 Å². The molecule has 0 aliphatic rings. The van der Waals surface area contributed by atoms with Crippen LogP contribution in [-0.4, -0.2) is 44.8 Å². The topological polar surface area (TPSA) is 86.8 Å². The number of sulfonamides is 1. The summed E-state index contributed by atoms with van der Waals surface area (Å²) in [6, 6.07) is 18.8. The van der Waals surface area contributed by atoms with Gasteiger partial charge in [-0.1, -0.05) is 71.2 Å². The third-order valence-corrected chi connectivity index (χ3v) is 7.99. The van der Waals surface area contributed by atoms with Crippen molar-refractivity contribution in [3.05, 3.63) is 94.0 Å². The van der Waals surface area contributed by atoms with Crippen molar-refractivity contribution in [2.45, 2.75) is 31.3 Å². The number of halogens is 2. The molecule has 2 amide bonds. The number of amides is 2. The van der Waals surface area contributed by atoms with Gasteiger partial charge in [-0.15, -0.1) is 0 Å². The molecule has 0 fully saturated rings. The molecule has 0 spiro atoms. The molecule has 3 aromatic carbocycles. The van der Waals surface area contributed by atoms with Gasteiger partial charge in [0.25, 0.3) is 10.0 Å². The zero-order chi connectivity index (χ0) is 26.5. The number of nitrogens with zero attached hydrogens (tertiary/aromatic N) is 2. The highest BCUT2D eigenvalue weighted by atomic mass is 35.5. The highest BCUT2D eigenvalue weighted by Gasteiger charge is 2.33. The molecular weight excluding hydrogens is 521 g/mol. The first-order valence-corrected chi connectivity index (χ1v) is 13.3. The van der Waals surface area contributed by atoms with Gasteiger partial charge >= 0.3 is 0 Å². The molecule has 190 valence electrons. The maximum absolute atomic E-state index is 13.7. The van der Waals surface area contributed by atoms with Gasteiger partial charge in [-0.05, 0) is 49.7 Å². The monoisotopic (exact) mass is 547 g/mol. The first-order chi connectivity index (χ1) is 17.0. The molecule has 0 saturated carbocycles. The zero-order valence-electron chi connectivity index (χ0n) is 20.1. The Morgan fingerprint density at radius 1 is 0.972 bits per heavy atom. The fourth-order valence-corrected chi connectivity index (χ4v) is 5.61. The van der Waals surface area contributed by atoms with Gasteiger partial charge in [0.15, 0.2) is 0 Å².